The van der Waals surface area contributed by atoms with Crippen molar-refractivity contribution < 1.29 is 18.8 Å². The number of esters is 1. The molecule has 2 N–H and O–H groups in total. The number of nitrogens with zero attached hydrogens (tertiary/aromatic N) is 1. The smallest absolute Gasteiger partial charge is 0.305 e. The molecule has 1 aromatic rings. The SMILES string of the molecule is CCOC(=O)CCCC(N)c1ccc(F)c([N+](=O)[O-])c1. The fraction of sp³-hybridized carbons (Fsp3) is 0.462. The Balaban J connectivity index is 2.59. The van der Waals surface area contributed by atoms with E-state index in [1.54, 1.807) is 6.92 Å². The van der Waals surface area contributed by atoms with Crippen LogP contribution in [0.2, 0.25) is 0 Å². The van der Waals surface area contributed by atoms with E-state index in [4.69, 9.17) is 10.5 Å². The lowest BCUT2D eigenvalue weighted by Crippen LogP contribution is -2.12. The molecule has 0 aliphatic carbocycles. The number of ether oxygens (including phenoxy) is 1. The molecule has 1 rings (SSSR count). The number of nitro benzene ring substituents is 1. The van der Waals surface area contributed by atoms with E-state index in [2.05, 4.69) is 0 Å². The Hall–Kier alpha value is -2.02. The molecule has 6 nitrogen and oxygen atoms in total. The molecule has 0 aromatic heterocycles. The molecule has 0 aliphatic heterocycles. The van der Waals surface area contributed by atoms with E-state index in [0.717, 1.165) is 12.1 Å². The summed E-state index contributed by atoms with van der Waals surface area (Å²) in [6, 6.07) is 3.09. The first-order valence-corrected chi connectivity index (χ1v) is 6.30. The lowest BCUT2D eigenvalue weighted by atomic mass is 10.0. The zero-order valence-electron chi connectivity index (χ0n) is 11.2. The van der Waals surface area contributed by atoms with E-state index < -0.39 is 22.5 Å². The highest BCUT2D eigenvalue weighted by molar-refractivity contribution is 5.69. The molecule has 20 heavy (non-hydrogen) atoms. The molecule has 0 aliphatic rings. The highest BCUT2D eigenvalue weighted by Crippen LogP contribution is 2.24. The van der Waals surface area contributed by atoms with Gasteiger partial charge in [0.05, 0.1) is 11.5 Å². The van der Waals surface area contributed by atoms with Crippen molar-refractivity contribution in [3.63, 3.8) is 0 Å². The third kappa shape index (κ3) is 4.58. The summed E-state index contributed by atoms with van der Waals surface area (Å²) in [6.45, 7) is 2.05. The van der Waals surface area contributed by atoms with E-state index in [-0.39, 0.29) is 12.4 Å². The number of hydrogen-bond acceptors (Lipinski definition) is 5. The molecule has 0 fully saturated rings. The van der Waals surface area contributed by atoms with E-state index >= 15 is 0 Å². The molecule has 0 heterocycles. The van der Waals surface area contributed by atoms with Gasteiger partial charge in [-0.2, -0.15) is 4.39 Å². The topological polar surface area (TPSA) is 95.5 Å². The number of carbonyl (C=O) groups is 1. The van der Waals surface area contributed by atoms with Crippen molar-refractivity contribution in [1.82, 2.24) is 0 Å². The molecule has 0 saturated heterocycles. The average molecular weight is 284 g/mol. The zero-order valence-corrected chi connectivity index (χ0v) is 11.2. The zero-order chi connectivity index (χ0) is 15.1. The van der Waals surface area contributed by atoms with Crippen LogP contribution >= 0.6 is 0 Å². The molecule has 0 radical (unpaired) electrons. The second kappa shape index (κ2) is 7.54. The van der Waals surface area contributed by atoms with Crippen molar-refractivity contribution in [1.29, 1.82) is 0 Å². The van der Waals surface area contributed by atoms with Gasteiger partial charge in [-0.05, 0) is 31.4 Å². The Morgan fingerprint density at radius 2 is 2.25 bits per heavy atom. The van der Waals surface area contributed by atoms with Crippen molar-refractivity contribution in [3.8, 4) is 0 Å². The van der Waals surface area contributed by atoms with Gasteiger partial charge < -0.3 is 10.5 Å². The Bertz CT molecular complexity index is 493. The molecule has 1 aromatic carbocycles. The summed E-state index contributed by atoms with van der Waals surface area (Å²) in [5, 5.41) is 10.6. The minimum atomic E-state index is -0.891. The normalized spacial score (nSPS) is 11.9. The molecule has 0 amide bonds. The first-order chi connectivity index (χ1) is 9.45. The standard InChI is InChI=1S/C13H17FN2O4/c1-2-20-13(17)5-3-4-11(15)9-6-7-10(14)12(8-9)16(18)19/h6-8,11H,2-5,15H2,1H3. The van der Waals surface area contributed by atoms with Gasteiger partial charge in [0.2, 0.25) is 5.82 Å². The Kier molecular flexibility index (Phi) is 6.05. The van der Waals surface area contributed by atoms with E-state index in [1.165, 1.54) is 6.07 Å². The van der Waals surface area contributed by atoms with Gasteiger partial charge in [0.15, 0.2) is 0 Å². The lowest BCUT2D eigenvalue weighted by Gasteiger charge is -2.11. The second-order valence-corrected chi connectivity index (χ2v) is 4.27. The van der Waals surface area contributed by atoms with Crippen LogP contribution < -0.4 is 5.73 Å². The van der Waals surface area contributed by atoms with Crippen molar-refractivity contribution in [3.05, 3.63) is 39.7 Å². The van der Waals surface area contributed by atoms with Crippen LogP contribution in [0.3, 0.4) is 0 Å². The molecular weight excluding hydrogens is 267 g/mol. The molecule has 0 spiro atoms. The maximum atomic E-state index is 13.2. The maximum Gasteiger partial charge on any atom is 0.305 e. The monoisotopic (exact) mass is 284 g/mol. The largest absolute Gasteiger partial charge is 0.466 e. The molecule has 0 saturated carbocycles. The first-order valence-electron chi connectivity index (χ1n) is 6.30. The summed E-state index contributed by atoms with van der Waals surface area (Å²) in [6.07, 6.45) is 1.21. The summed E-state index contributed by atoms with van der Waals surface area (Å²) in [7, 11) is 0. The van der Waals surface area contributed by atoms with Crippen molar-refractivity contribution in [2.75, 3.05) is 6.61 Å². The van der Waals surface area contributed by atoms with Crippen molar-refractivity contribution in [2.24, 2.45) is 5.73 Å². The number of rotatable bonds is 7. The predicted octanol–water partition coefficient (Wildman–Crippen LogP) is 2.47. The fourth-order valence-corrected chi connectivity index (χ4v) is 1.77. The highest BCUT2D eigenvalue weighted by atomic mass is 19.1. The van der Waals surface area contributed by atoms with Gasteiger partial charge in [-0.1, -0.05) is 6.07 Å². The number of nitrogens with two attached hydrogens (primary N) is 1. The van der Waals surface area contributed by atoms with Crippen LogP contribution in [-0.4, -0.2) is 17.5 Å². The lowest BCUT2D eigenvalue weighted by molar-refractivity contribution is -0.387. The number of halogens is 1. The van der Waals surface area contributed by atoms with Gasteiger partial charge in [0, 0.05) is 18.5 Å². The summed E-state index contributed by atoms with van der Waals surface area (Å²) < 4.78 is 18.0. The predicted molar refractivity (Wildman–Crippen MR) is 70.5 cm³/mol. The molecule has 110 valence electrons. The van der Waals surface area contributed by atoms with E-state index in [9.17, 15) is 19.3 Å². The minimum absolute atomic E-state index is 0.241. The van der Waals surface area contributed by atoms with Crippen LogP contribution in [0, 0.1) is 15.9 Å². The van der Waals surface area contributed by atoms with Crippen molar-refractivity contribution in [2.45, 2.75) is 32.2 Å². The molecule has 1 atom stereocenters. The third-order valence-corrected chi connectivity index (χ3v) is 2.80. The van der Waals surface area contributed by atoms with Crippen LogP contribution in [0.1, 0.15) is 37.8 Å². The second-order valence-electron chi connectivity index (χ2n) is 4.27. The Morgan fingerprint density at radius 3 is 2.85 bits per heavy atom. The highest BCUT2D eigenvalue weighted by Gasteiger charge is 2.17. The summed E-state index contributed by atoms with van der Waals surface area (Å²) in [5.41, 5.74) is 5.76. The number of benzene rings is 1. The van der Waals surface area contributed by atoms with Gasteiger partial charge in [-0.25, -0.2) is 0 Å². The van der Waals surface area contributed by atoms with Gasteiger partial charge in [0.25, 0.3) is 0 Å². The van der Waals surface area contributed by atoms with Crippen LogP contribution in [0.25, 0.3) is 0 Å². The number of nitro groups is 1. The quantitative estimate of drug-likeness (QED) is 0.471. The first kappa shape index (κ1) is 16.0. The van der Waals surface area contributed by atoms with Crippen molar-refractivity contribution >= 4 is 11.7 Å². The molecule has 1 unspecified atom stereocenters. The fourth-order valence-electron chi connectivity index (χ4n) is 1.77. The molecule has 0 bridgehead atoms. The summed E-state index contributed by atoms with van der Waals surface area (Å²) >= 11 is 0. The van der Waals surface area contributed by atoms with E-state index in [0.29, 0.717) is 25.0 Å². The van der Waals surface area contributed by atoms with Gasteiger partial charge in [0.1, 0.15) is 0 Å². The maximum absolute atomic E-state index is 13.2. The summed E-state index contributed by atoms with van der Waals surface area (Å²) in [4.78, 5) is 21.0. The summed E-state index contributed by atoms with van der Waals surface area (Å²) in [5.74, 6) is -1.19. The van der Waals surface area contributed by atoms with E-state index in [1.807, 2.05) is 0 Å². The molecular formula is C13H17FN2O4. The third-order valence-electron chi connectivity index (χ3n) is 2.80. The molecule has 7 heteroatoms. The average Bonchev–Trinajstić information content (AvgIpc) is 2.39. The van der Waals surface area contributed by atoms with Crippen LogP contribution in [-0.2, 0) is 9.53 Å². The number of carbonyl (C=O) groups excluding carboxylic acids is 1. The minimum Gasteiger partial charge on any atom is -0.466 e. The number of hydrogen-bond donors (Lipinski definition) is 1. The Labute approximate surface area is 115 Å². The van der Waals surface area contributed by atoms with Crippen LogP contribution in [0.15, 0.2) is 18.2 Å². The van der Waals surface area contributed by atoms with Gasteiger partial charge in [-0.15, -0.1) is 0 Å². The van der Waals surface area contributed by atoms with Gasteiger partial charge >= 0.3 is 11.7 Å². The van der Waals surface area contributed by atoms with Crippen LogP contribution in [0.5, 0.6) is 0 Å². The van der Waals surface area contributed by atoms with Crippen LogP contribution in [0.4, 0.5) is 10.1 Å². The van der Waals surface area contributed by atoms with Gasteiger partial charge in [-0.3, -0.25) is 14.9 Å². The Morgan fingerprint density at radius 1 is 1.55 bits per heavy atom.